The zero-order valence-corrected chi connectivity index (χ0v) is 12.9. The van der Waals surface area contributed by atoms with Crippen LogP contribution in [0.3, 0.4) is 0 Å². The van der Waals surface area contributed by atoms with Gasteiger partial charge in [-0.25, -0.2) is 4.79 Å². The number of carbonyl (C=O) groups excluding carboxylic acids is 3. The molecule has 0 radical (unpaired) electrons. The van der Waals surface area contributed by atoms with Crippen molar-refractivity contribution in [2.45, 2.75) is 6.54 Å². The van der Waals surface area contributed by atoms with Gasteiger partial charge in [0, 0.05) is 6.54 Å². The second kappa shape index (κ2) is 6.09. The molecule has 1 aliphatic rings. The zero-order chi connectivity index (χ0) is 15.6. The van der Waals surface area contributed by atoms with Crippen LogP contribution < -0.4 is 4.74 Å². The molecule has 4 amide bonds. The van der Waals surface area contributed by atoms with Crippen LogP contribution in [-0.2, 0) is 16.1 Å². The highest BCUT2D eigenvalue weighted by Gasteiger charge is 2.43. The van der Waals surface area contributed by atoms with Crippen LogP contribution in [0.25, 0.3) is 0 Å². The van der Waals surface area contributed by atoms with E-state index in [2.05, 4.69) is 22.5 Å². The summed E-state index contributed by atoms with van der Waals surface area (Å²) in [6.07, 6.45) is 1.40. The molecule has 2 rings (SSSR count). The Hall–Kier alpha value is -2.15. The number of nitrogens with zero attached hydrogens (tertiary/aromatic N) is 2. The molecule has 0 saturated carbocycles. The van der Waals surface area contributed by atoms with Gasteiger partial charge < -0.3 is 4.74 Å². The molecular weight excluding hydrogens is 340 g/mol. The van der Waals surface area contributed by atoms with E-state index >= 15 is 0 Å². The fourth-order valence-corrected chi connectivity index (χ4v) is 2.56. The van der Waals surface area contributed by atoms with Gasteiger partial charge in [0.25, 0.3) is 0 Å². The number of halogens is 1. The van der Waals surface area contributed by atoms with Crippen molar-refractivity contribution in [2.24, 2.45) is 0 Å². The van der Waals surface area contributed by atoms with Crippen molar-refractivity contribution in [1.29, 1.82) is 0 Å². The predicted octanol–water partition coefficient (Wildman–Crippen LogP) is 1.93. The maximum absolute atomic E-state index is 12.1. The molecule has 1 aliphatic heterocycles. The summed E-state index contributed by atoms with van der Waals surface area (Å²) >= 11 is 3.33. The number of urea groups is 1. The lowest BCUT2D eigenvalue weighted by Gasteiger charge is -2.15. The third kappa shape index (κ3) is 2.82. The number of hydrogen-bond acceptors (Lipinski definition) is 4. The van der Waals surface area contributed by atoms with Gasteiger partial charge in [0.1, 0.15) is 5.75 Å². The maximum Gasteiger partial charge on any atom is 0.334 e. The molecule has 21 heavy (non-hydrogen) atoms. The molecule has 110 valence electrons. The first kappa shape index (κ1) is 15.2. The van der Waals surface area contributed by atoms with Gasteiger partial charge in [-0.1, -0.05) is 12.1 Å². The maximum atomic E-state index is 12.1. The Morgan fingerprint density at radius 2 is 1.90 bits per heavy atom. The molecule has 1 aromatic carbocycles. The van der Waals surface area contributed by atoms with Gasteiger partial charge in [0.2, 0.25) is 0 Å². The van der Waals surface area contributed by atoms with Gasteiger partial charge in [-0.3, -0.25) is 19.4 Å². The number of methoxy groups -OCH3 is 1. The van der Waals surface area contributed by atoms with E-state index in [9.17, 15) is 14.4 Å². The number of benzene rings is 1. The molecule has 1 fully saturated rings. The van der Waals surface area contributed by atoms with Crippen LogP contribution in [0.1, 0.15) is 5.56 Å². The van der Waals surface area contributed by atoms with Gasteiger partial charge in [-0.15, -0.1) is 6.58 Å². The lowest BCUT2D eigenvalue weighted by molar-refractivity contribution is -0.143. The minimum Gasteiger partial charge on any atom is -0.496 e. The van der Waals surface area contributed by atoms with E-state index in [0.29, 0.717) is 15.8 Å². The van der Waals surface area contributed by atoms with Crippen LogP contribution in [0.2, 0.25) is 0 Å². The average molecular weight is 353 g/mol. The molecule has 0 spiro atoms. The number of amides is 4. The minimum atomic E-state index is -0.826. The van der Waals surface area contributed by atoms with Crippen molar-refractivity contribution in [3.8, 4) is 5.75 Å². The molecule has 0 aliphatic carbocycles. The number of rotatable bonds is 5. The molecule has 0 atom stereocenters. The lowest BCUT2D eigenvalue weighted by Crippen LogP contribution is -2.33. The fourth-order valence-electron chi connectivity index (χ4n) is 1.97. The molecule has 0 bridgehead atoms. The molecule has 1 heterocycles. The van der Waals surface area contributed by atoms with Crippen molar-refractivity contribution in [3.05, 3.63) is 40.9 Å². The monoisotopic (exact) mass is 352 g/mol. The summed E-state index contributed by atoms with van der Waals surface area (Å²) in [5.74, 6) is -1.01. The van der Waals surface area contributed by atoms with Crippen molar-refractivity contribution in [1.82, 2.24) is 9.80 Å². The van der Waals surface area contributed by atoms with Crippen LogP contribution in [0.15, 0.2) is 35.3 Å². The van der Waals surface area contributed by atoms with E-state index < -0.39 is 17.8 Å². The smallest absolute Gasteiger partial charge is 0.334 e. The molecule has 1 saturated heterocycles. The summed E-state index contributed by atoms with van der Waals surface area (Å²) in [4.78, 5) is 37.4. The van der Waals surface area contributed by atoms with Crippen LogP contribution in [0.5, 0.6) is 5.75 Å². The summed E-state index contributed by atoms with van der Waals surface area (Å²) in [5, 5.41) is 0. The highest BCUT2D eigenvalue weighted by atomic mass is 79.9. The third-order valence-corrected chi connectivity index (χ3v) is 3.62. The molecule has 0 aromatic heterocycles. The summed E-state index contributed by atoms with van der Waals surface area (Å²) in [6, 6.07) is 4.55. The van der Waals surface area contributed by atoms with Crippen molar-refractivity contribution >= 4 is 33.8 Å². The zero-order valence-electron chi connectivity index (χ0n) is 11.3. The van der Waals surface area contributed by atoms with Gasteiger partial charge in [0.15, 0.2) is 0 Å². The second-order valence-corrected chi connectivity index (χ2v) is 5.20. The summed E-state index contributed by atoms with van der Waals surface area (Å²) in [5.41, 5.74) is 0.706. The summed E-state index contributed by atoms with van der Waals surface area (Å²) < 4.78 is 5.81. The Labute approximate surface area is 130 Å². The highest BCUT2D eigenvalue weighted by molar-refractivity contribution is 9.10. The van der Waals surface area contributed by atoms with Gasteiger partial charge in [-0.05, 0) is 33.6 Å². The first-order chi connectivity index (χ1) is 9.99. The van der Waals surface area contributed by atoms with E-state index in [1.54, 1.807) is 25.3 Å². The number of carbonyl (C=O) groups is 3. The van der Waals surface area contributed by atoms with Gasteiger partial charge >= 0.3 is 17.8 Å². The fraction of sp³-hybridized carbons (Fsp3) is 0.214. The Morgan fingerprint density at radius 1 is 1.24 bits per heavy atom. The average Bonchev–Trinajstić information content (AvgIpc) is 2.66. The number of imide groups is 2. The van der Waals surface area contributed by atoms with Crippen LogP contribution >= 0.6 is 15.9 Å². The van der Waals surface area contributed by atoms with Crippen LogP contribution in [0, 0.1) is 0 Å². The Bertz CT molecular complexity index is 629. The Balaban J connectivity index is 2.21. The van der Waals surface area contributed by atoms with Crippen molar-refractivity contribution < 1.29 is 19.1 Å². The lowest BCUT2D eigenvalue weighted by atomic mass is 10.2. The van der Waals surface area contributed by atoms with Crippen molar-refractivity contribution in [2.75, 3.05) is 13.7 Å². The standard InChI is InChI=1S/C14H13BrN2O4/c1-3-6-16-12(18)13(19)17(14(16)20)8-9-4-5-11(21-2)10(15)7-9/h3-5,7H,1,6,8H2,2H3. The van der Waals surface area contributed by atoms with E-state index in [0.717, 1.165) is 9.80 Å². The largest absolute Gasteiger partial charge is 0.496 e. The van der Waals surface area contributed by atoms with Crippen LogP contribution in [-0.4, -0.2) is 41.3 Å². The second-order valence-electron chi connectivity index (χ2n) is 4.35. The molecular formula is C14H13BrN2O4. The highest BCUT2D eigenvalue weighted by Crippen LogP contribution is 2.26. The number of hydrogen-bond donors (Lipinski definition) is 0. The Kier molecular flexibility index (Phi) is 4.42. The first-order valence-electron chi connectivity index (χ1n) is 6.10. The molecule has 0 unspecified atom stereocenters. The first-order valence-corrected chi connectivity index (χ1v) is 6.89. The van der Waals surface area contributed by atoms with E-state index in [-0.39, 0.29) is 13.1 Å². The molecule has 6 nitrogen and oxygen atoms in total. The number of ether oxygens (including phenoxy) is 1. The van der Waals surface area contributed by atoms with Gasteiger partial charge in [-0.2, -0.15) is 0 Å². The molecule has 0 N–H and O–H groups in total. The van der Waals surface area contributed by atoms with E-state index in [1.165, 1.54) is 6.08 Å². The normalized spacial score (nSPS) is 14.9. The molecule has 1 aromatic rings. The molecule has 7 heteroatoms. The minimum absolute atomic E-state index is 0.0201. The third-order valence-electron chi connectivity index (χ3n) is 3.00. The SMILES string of the molecule is C=CCN1C(=O)C(=O)N(Cc2ccc(OC)c(Br)c2)C1=O. The topological polar surface area (TPSA) is 66.9 Å². The van der Waals surface area contributed by atoms with Gasteiger partial charge in [0.05, 0.1) is 18.1 Å². The summed E-state index contributed by atoms with van der Waals surface area (Å²) in [6.45, 7) is 3.51. The summed E-state index contributed by atoms with van der Waals surface area (Å²) in [7, 11) is 1.54. The van der Waals surface area contributed by atoms with Crippen molar-refractivity contribution in [3.63, 3.8) is 0 Å². The van der Waals surface area contributed by atoms with E-state index in [1.807, 2.05) is 0 Å². The predicted molar refractivity (Wildman–Crippen MR) is 78.6 cm³/mol. The Morgan fingerprint density at radius 3 is 2.48 bits per heavy atom. The quantitative estimate of drug-likeness (QED) is 0.461. The van der Waals surface area contributed by atoms with E-state index in [4.69, 9.17) is 4.74 Å². The van der Waals surface area contributed by atoms with Crippen LogP contribution in [0.4, 0.5) is 4.79 Å².